The number of hydrogen-bond acceptors (Lipinski definition) is 1. The lowest BCUT2D eigenvalue weighted by molar-refractivity contribution is 0.476. The summed E-state index contributed by atoms with van der Waals surface area (Å²) < 4.78 is 0. The summed E-state index contributed by atoms with van der Waals surface area (Å²) in [5.41, 5.74) is 2.04. The Morgan fingerprint density at radius 1 is 1.08 bits per heavy atom. The molecule has 3 N–H and O–H groups in total. The van der Waals surface area contributed by atoms with E-state index in [2.05, 4.69) is 9.97 Å². The number of phenolic OH excluding ortho intramolecular Hbond substituents is 1. The maximum atomic E-state index is 9.32. The number of aromatic hydroxyl groups is 1. The van der Waals surface area contributed by atoms with E-state index >= 15 is 0 Å². The Hall–Kier alpha value is -1.90. The molecule has 3 rings (SSSR count). The molecule has 3 nitrogen and oxygen atoms in total. The summed E-state index contributed by atoms with van der Waals surface area (Å²) in [6, 6.07) is 7.31. The Bertz CT molecular complexity index is 577. The molecule has 64 valence electrons. The molecule has 0 saturated heterocycles. The third-order valence-corrected chi connectivity index (χ3v) is 2.30. The minimum atomic E-state index is 0.301. The van der Waals surface area contributed by atoms with Gasteiger partial charge in [0.2, 0.25) is 0 Å². The van der Waals surface area contributed by atoms with E-state index < -0.39 is 0 Å². The smallest absolute Gasteiger partial charge is 0.116 e. The van der Waals surface area contributed by atoms with Crippen molar-refractivity contribution in [2.45, 2.75) is 0 Å². The lowest BCUT2D eigenvalue weighted by Crippen LogP contribution is -1.67. The Morgan fingerprint density at radius 2 is 2.00 bits per heavy atom. The highest BCUT2D eigenvalue weighted by Gasteiger charge is 2.04. The quantitative estimate of drug-likeness (QED) is 0.479. The van der Waals surface area contributed by atoms with Crippen LogP contribution in [0.3, 0.4) is 0 Å². The Kier molecular flexibility index (Phi) is 1.05. The van der Waals surface area contributed by atoms with Gasteiger partial charge in [0, 0.05) is 22.5 Å². The van der Waals surface area contributed by atoms with Crippen molar-refractivity contribution >= 4 is 21.9 Å². The van der Waals surface area contributed by atoms with Crippen LogP contribution in [0.15, 0.2) is 30.5 Å². The monoisotopic (exact) mass is 172 g/mol. The number of fused-ring (bicyclic) bond motifs is 3. The molecule has 1 aromatic carbocycles. The Balaban J connectivity index is 2.61. The van der Waals surface area contributed by atoms with Crippen molar-refractivity contribution in [3.63, 3.8) is 0 Å². The molecule has 3 heteroatoms. The number of benzene rings is 1. The van der Waals surface area contributed by atoms with Crippen molar-refractivity contribution in [2.24, 2.45) is 0 Å². The zero-order valence-corrected chi connectivity index (χ0v) is 6.83. The zero-order chi connectivity index (χ0) is 8.84. The standard InChI is InChI=1S/C10H8N2O/c13-6-1-2-9-8(5-6)7-3-4-11-10(7)12-9/h1-5,11-13H. The van der Waals surface area contributed by atoms with Gasteiger partial charge in [-0.2, -0.15) is 0 Å². The molecule has 0 radical (unpaired) electrons. The van der Waals surface area contributed by atoms with E-state index in [-0.39, 0.29) is 0 Å². The van der Waals surface area contributed by atoms with Gasteiger partial charge in [-0.1, -0.05) is 0 Å². The lowest BCUT2D eigenvalue weighted by atomic mass is 10.2. The van der Waals surface area contributed by atoms with Gasteiger partial charge in [0.05, 0.1) is 0 Å². The first-order valence-electron chi connectivity index (χ1n) is 4.12. The molecule has 2 aromatic heterocycles. The molecule has 0 aliphatic carbocycles. The van der Waals surface area contributed by atoms with E-state index in [4.69, 9.17) is 0 Å². The van der Waals surface area contributed by atoms with Crippen LogP contribution in [0.5, 0.6) is 5.75 Å². The van der Waals surface area contributed by atoms with Crippen molar-refractivity contribution < 1.29 is 5.11 Å². The van der Waals surface area contributed by atoms with E-state index in [1.807, 2.05) is 18.3 Å². The molecule has 0 bridgehead atoms. The SMILES string of the molecule is Oc1ccc2[nH]c3[nH]ccc3c2c1. The van der Waals surface area contributed by atoms with Gasteiger partial charge < -0.3 is 15.1 Å². The van der Waals surface area contributed by atoms with E-state index in [0.29, 0.717) is 5.75 Å². The number of H-pyrrole nitrogens is 2. The van der Waals surface area contributed by atoms with E-state index in [1.54, 1.807) is 12.1 Å². The maximum absolute atomic E-state index is 9.32. The average Bonchev–Trinajstić information content (AvgIpc) is 2.64. The van der Waals surface area contributed by atoms with E-state index in [1.165, 1.54) is 0 Å². The number of aromatic nitrogens is 2. The first-order valence-corrected chi connectivity index (χ1v) is 4.12. The normalized spacial score (nSPS) is 11.4. The minimum Gasteiger partial charge on any atom is -0.508 e. The van der Waals surface area contributed by atoms with E-state index in [9.17, 15) is 5.11 Å². The van der Waals surface area contributed by atoms with Crippen LogP contribution >= 0.6 is 0 Å². The minimum absolute atomic E-state index is 0.301. The van der Waals surface area contributed by atoms with E-state index in [0.717, 1.165) is 21.9 Å². The molecule has 13 heavy (non-hydrogen) atoms. The Labute approximate surface area is 74.0 Å². The molecule has 0 saturated carbocycles. The summed E-state index contributed by atoms with van der Waals surface area (Å²) in [6.07, 6.45) is 1.88. The largest absolute Gasteiger partial charge is 0.508 e. The van der Waals surface area contributed by atoms with Gasteiger partial charge in [0.1, 0.15) is 11.4 Å². The van der Waals surface area contributed by atoms with Crippen molar-refractivity contribution in [1.29, 1.82) is 0 Å². The van der Waals surface area contributed by atoms with Crippen LogP contribution in [-0.2, 0) is 0 Å². The number of nitrogens with one attached hydrogen (secondary N) is 2. The van der Waals surface area contributed by atoms with Crippen LogP contribution in [0.2, 0.25) is 0 Å². The highest BCUT2D eigenvalue weighted by Crippen LogP contribution is 2.27. The molecule has 0 amide bonds. The molecule has 0 atom stereocenters. The summed E-state index contributed by atoms with van der Waals surface area (Å²) in [5.74, 6) is 0.301. The molecule has 0 unspecified atom stereocenters. The second-order valence-electron chi connectivity index (χ2n) is 3.12. The van der Waals surface area contributed by atoms with Crippen molar-refractivity contribution in [2.75, 3.05) is 0 Å². The fourth-order valence-corrected chi connectivity index (χ4v) is 1.70. The molecule has 0 aliphatic heterocycles. The van der Waals surface area contributed by atoms with Gasteiger partial charge in [-0.25, -0.2) is 0 Å². The fourth-order valence-electron chi connectivity index (χ4n) is 1.70. The molecule has 2 heterocycles. The molecule has 0 fully saturated rings. The fraction of sp³-hybridized carbons (Fsp3) is 0. The molecule has 0 spiro atoms. The number of aromatic amines is 2. The van der Waals surface area contributed by atoms with Gasteiger partial charge in [-0.3, -0.25) is 0 Å². The predicted molar refractivity (Wildman–Crippen MR) is 51.8 cm³/mol. The highest BCUT2D eigenvalue weighted by molar-refractivity contribution is 6.06. The molecule has 0 aliphatic rings. The number of rotatable bonds is 0. The first kappa shape index (κ1) is 6.60. The van der Waals surface area contributed by atoms with Gasteiger partial charge in [0.25, 0.3) is 0 Å². The summed E-state index contributed by atoms with van der Waals surface area (Å²) >= 11 is 0. The average molecular weight is 172 g/mol. The molecular formula is C10H8N2O. The maximum Gasteiger partial charge on any atom is 0.116 e. The molecule has 3 aromatic rings. The topological polar surface area (TPSA) is 51.8 Å². The van der Waals surface area contributed by atoms with Crippen molar-refractivity contribution in [3.8, 4) is 5.75 Å². The second-order valence-corrected chi connectivity index (χ2v) is 3.12. The summed E-state index contributed by atoms with van der Waals surface area (Å²) in [7, 11) is 0. The number of hydrogen-bond donors (Lipinski definition) is 3. The number of phenols is 1. The first-order chi connectivity index (χ1) is 6.34. The lowest BCUT2D eigenvalue weighted by Gasteiger charge is -1.91. The van der Waals surface area contributed by atoms with Crippen LogP contribution in [0.25, 0.3) is 21.9 Å². The summed E-state index contributed by atoms with van der Waals surface area (Å²) in [4.78, 5) is 6.31. The third-order valence-electron chi connectivity index (χ3n) is 2.30. The van der Waals surface area contributed by atoms with Gasteiger partial charge in [0.15, 0.2) is 0 Å². The van der Waals surface area contributed by atoms with Crippen LogP contribution in [0, 0.1) is 0 Å². The summed E-state index contributed by atoms with van der Waals surface area (Å²) in [5, 5.41) is 11.5. The van der Waals surface area contributed by atoms with Gasteiger partial charge in [-0.05, 0) is 24.3 Å². The van der Waals surface area contributed by atoms with Crippen molar-refractivity contribution in [1.82, 2.24) is 9.97 Å². The van der Waals surface area contributed by atoms with Crippen LogP contribution in [0.1, 0.15) is 0 Å². The van der Waals surface area contributed by atoms with Crippen molar-refractivity contribution in [3.05, 3.63) is 30.5 Å². The van der Waals surface area contributed by atoms with Crippen LogP contribution in [-0.4, -0.2) is 15.1 Å². The highest BCUT2D eigenvalue weighted by atomic mass is 16.3. The zero-order valence-electron chi connectivity index (χ0n) is 6.83. The Morgan fingerprint density at radius 3 is 2.92 bits per heavy atom. The summed E-state index contributed by atoms with van der Waals surface area (Å²) in [6.45, 7) is 0. The van der Waals surface area contributed by atoms with Crippen LogP contribution < -0.4 is 0 Å². The second kappa shape index (κ2) is 2.07. The third kappa shape index (κ3) is 0.783. The predicted octanol–water partition coefficient (Wildman–Crippen LogP) is 2.35. The van der Waals surface area contributed by atoms with Crippen LogP contribution in [0.4, 0.5) is 0 Å². The van der Waals surface area contributed by atoms with Gasteiger partial charge in [-0.15, -0.1) is 0 Å². The van der Waals surface area contributed by atoms with Gasteiger partial charge >= 0.3 is 0 Å². The molecular weight excluding hydrogens is 164 g/mol.